The quantitative estimate of drug-likeness (QED) is 0.513. The Morgan fingerprint density at radius 3 is 2.72 bits per heavy atom. The lowest BCUT2D eigenvalue weighted by atomic mass is 10.2. The van der Waals surface area contributed by atoms with Crippen LogP contribution in [0, 0.1) is 0 Å². The van der Waals surface area contributed by atoms with Gasteiger partial charge in [-0.25, -0.2) is 9.37 Å². The third-order valence-electron chi connectivity index (χ3n) is 3.64. The van der Waals surface area contributed by atoms with Gasteiger partial charge in [0, 0.05) is 13.2 Å². The van der Waals surface area contributed by atoms with E-state index in [0.29, 0.717) is 16.9 Å². The Balaban J connectivity index is 2.14. The first-order valence-electron chi connectivity index (χ1n) is 7.21. The van der Waals surface area contributed by atoms with E-state index < -0.39 is 18.4 Å². The molecule has 0 amide bonds. The maximum atomic E-state index is 12.9. The molecule has 2 heterocycles. The smallest absolute Gasteiger partial charge is 0.416 e. The number of hydrogen-bond donors (Lipinski definition) is 0. The molecule has 1 aromatic carbocycles. The molecule has 0 radical (unpaired) electrons. The van der Waals surface area contributed by atoms with Gasteiger partial charge in [-0.3, -0.25) is 4.98 Å². The van der Waals surface area contributed by atoms with Crippen LogP contribution in [0.2, 0.25) is 0 Å². The second-order valence-corrected chi connectivity index (χ2v) is 5.34. The van der Waals surface area contributed by atoms with Crippen molar-refractivity contribution in [2.75, 3.05) is 6.67 Å². The zero-order chi connectivity index (χ0) is 18.2. The fourth-order valence-corrected chi connectivity index (χ4v) is 2.45. The molecule has 0 bridgehead atoms. The Hall–Kier alpha value is -2.90. The van der Waals surface area contributed by atoms with Crippen LogP contribution in [0.15, 0.2) is 49.0 Å². The van der Waals surface area contributed by atoms with Crippen molar-refractivity contribution < 1.29 is 22.3 Å². The Bertz CT molecular complexity index is 947. The summed E-state index contributed by atoms with van der Waals surface area (Å²) >= 11 is 0. The van der Waals surface area contributed by atoms with E-state index >= 15 is 0 Å². The number of allylic oxidation sites excluding steroid dienone is 1. The summed E-state index contributed by atoms with van der Waals surface area (Å²) in [6.45, 7) is 2.56. The highest BCUT2D eigenvalue weighted by atomic mass is 19.4. The van der Waals surface area contributed by atoms with Crippen LogP contribution in [0.25, 0.3) is 22.4 Å². The Labute approximate surface area is 140 Å². The fourth-order valence-electron chi connectivity index (χ4n) is 2.45. The number of imidazole rings is 1. The summed E-state index contributed by atoms with van der Waals surface area (Å²) in [5.41, 5.74) is 0.410. The average molecular weight is 351 g/mol. The van der Waals surface area contributed by atoms with Crippen molar-refractivity contribution >= 4 is 11.0 Å². The van der Waals surface area contributed by atoms with E-state index in [0.717, 1.165) is 12.1 Å². The van der Waals surface area contributed by atoms with E-state index in [2.05, 4.69) is 16.5 Å². The molecule has 8 heteroatoms. The van der Waals surface area contributed by atoms with Crippen molar-refractivity contribution in [3.8, 4) is 17.1 Å². The fraction of sp³-hybridized carbons (Fsp3) is 0.176. The molecule has 0 atom stereocenters. The van der Waals surface area contributed by atoms with Gasteiger partial charge in [-0.15, -0.1) is 0 Å². The second-order valence-electron chi connectivity index (χ2n) is 5.34. The first-order chi connectivity index (χ1) is 11.8. The number of fused-ring (bicyclic) bond motifs is 1. The highest BCUT2D eigenvalue weighted by Crippen LogP contribution is 2.34. The number of hydrogen-bond acceptors (Lipinski definition) is 3. The zero-order valence-corrected chi connectivity index (χ0v) is 13.1. The molecule has 3 aromatic rings. The van der Waals surface area contributed by atoms with Crippen LogP contribution in [0.5, 0.6) is 5.75 Å². The zero-order valence-electron chi connectivity index (χ0n) is 13.1. The molecule has 3 rings (SSSR count). The number of nitrogens with zero attached hydrogens (tertiary/aromatic N) is 3. The number of rotatable bonds is 4. The van der Waals surface area contributed by atoms with Crippen molar-refractivity contribution in [1.29, 1.82) is 0 Å². The summed E-state index contributed by atoms with van der Waals surface area (Å²) in [5, 5.41) is 0. The van der Waals surface area contributed by atoms with Gasteiger partial charge in [0.25, 0.3) is 0 Å². The molecule has 0 aliphatic heterocycles. The molecule has 130 valence electrons. The molecule has 4 nitrogen and oxygen atoms in total. The summed E-state index contributed by atoms with van der Waals surface area (Å²) in [6.07, 6.45) is -1.59. The second kappa shape index (κ2) is 6.19. The van der Waals surface area contributed by atoms with Gasteiger partial charge in [0.2, 0.25) is 0 Å². The normalized spacial score (nSPS) is 11.7. The number of aryl methyl sites for hydroxylation is 1. The van der Waals surface area contributed by atoms with Crippen molar-refractivity contribution in [2.45, 2.75) is 6.18 Å². The summed E-state index contributed by atoms with van der Waals surface area (Å²) in [4.78, 5) is 8.20. The lowest BCUT2D eigenvalue weighted by Gasteiger charge is -2.10. The number of alkyl halides is 4. The van der Waals surface area contributed by atoms with E-state index in [1.165, 1.54) is 18.5 Å². The van der Waals surface area contributed by atoms with Crippen molar-refractivity contribution in [2.24, 2.45) is 7.05 Å². The average Bonchev–Trinajstić information content (AvgIpc) is 2.91. The van der Waals surface area contributed by atoms with Gasteiger partial charge in [-0.2, -0.15) is 13.2 Å². The monoisotopic (exact) mass is 351 g/mol. The third-order valence-corrected chi connectivity index (χ3v) is 3.64. The predicted molar refractivity (Wildman–Crippen MR) is 84.7 cm³/mol. The third kappa shape index (κ3) is 3.19. The summed E-state index contributed by atoms with van der Waals surface area (Å²) in [7, 11) is 1.67. The van der Waals surface area contributed by atoms with Crippen molar-refractivity contribution in [3.63, 3.8) is 0 Å². The molecule has 0 saturated carbocycles. The van der Waals surface area contributed by atoms with E-state index in [1.54, 1.807) is 17.7 Å². The number of aromatic nitrogens is 3. The first-order valence-corrected chi connectivity index (χ1v) is 7.21. The molecule has 0 saturated heterocycles. The lowest BCUT2D eigenvalue weighted by Crippen LogP contribution is -2.04. The number of halogens is 4. The van der Waals surface area contributed by atoms with Gasteiger partial charge in [0.1, 0.15) is 18.3 Å². The molecule has 0 aliphatic carbocycles. The molecular weight excluding hydrogens is 338 g/mol. The molecule has 2 aromatic heterocycles. The van der Waals surface area contributed by atoms with Crippen molar-refractivity contribution in [1.82, 2.24) is 14.5 Å². The van der Waals surface area contributed by atoms with Crippen LogP contribution in [0.4, 0.5) is 17.6 Å². The topological polar surface area (TPSA) is 39.9 Å². The molecular formula is C17H13F4N3O. The summed E-state index contributed by atoms with van der Waals surface area (Å²) in [5.74, 6) is 0.491. The maximum absolute atomic E-state index is 12.9. The van der Waals surface area contributed by atoms with E-state index in [9.17, 15) is 17.6 Å². The summed E-state index contributed by atoms with van der Waals surface area (Å²) in [6, 6.07) is 4.94. The number of benzene rings is 1. The van der Waals surface area contributed by atoms with E-state index in [1.807, 2.05) is 0 Å². The van der Waals surface area contributed by atoms with Crippen LogP contribution < -0.4 is 4.74 Å². The Kier molecular flexibility index (Phi) is 4.20. The van der Waals surface area contributed by atoms with Crippen LogP contribution in [-0.4, -0.2) is 21.2 Å². The number of ether oxygens (including phenoxy) is 1. The van der Waals surface area contributed by atoms with E-state index in [-0.39, 0.29) is 17.0 Å². The molecule has 25 heavy (non-hydrogen) atoms. The standard InChI is InChI=1S/C17H13F4N3O/c1-10(8-18)25-15-9-22-6-5-12(15)16-23-13-7-11(17(19,20)21)3-4-14(13)24(16)2/h3-7,9H,1,8H2,2H3. The summed E-state index contributed by atoms with van der Waals surface area (Å²) < 4.78 is 58.2. The van der Waals surface area contributed by atoms with Gasteiger partial charge in [-0.1, -0.05) is 6.58 Å². The van der Waals surface area contributed by atoms with Crippen LogP contribution in [0.3, 0.4) is 0 Å². The van der Waals surface area contributed by atoms with Gasteiger partial charge < -0.3 is 9.30 Å². The predicted octanol–water partition coefficient (Wildman–Crippen LogP) is 4.52. The van der Waals surface area contributed by atoms with Gasteiger partial charge >= 0.3 is 6.18 Å². The van der Waals surface area contributed by atoms with Crippen LogP contribution >= 0.6 is 0 Å². The minimum atomic E-state index is -4.45. The highest BCUT2D eigenvalue weighted by molar-refractivity contribution is 5.82. The van der Waals surface area contributed by atoms with Gasteiger partial charge in [0.15, 0.2) is 5.75 Å². The van der Waals surface area contributed by atoms with Crippen LogP contribution in [0.1, 0.15) is 5.56 Å². The maximum Gasteiger partial charge on any atom is 0.416 e. The van der Waals surface area contributed by atoms with Gasteiger partial charge in [0.05, 0.1) is 28.4 Å². The Morgan fingerprint density at radius 1 is 1.28 bits per heavy atom. The SMILES string of the molecule is C=C(CF)Oc1cnccc1-c1nc2cc(C(F)(F)F)ccc2n1C. The van der Waals surface area contributed by atoms with Gasteiger partial charge in [-0.05, 0) is 24.3 Å². The molecule has 0 aliphatic rings. The van der Waals surface area contributed by atoms with Crippen molar-refractivity contribution in [3.05, 3.63) is 54.6 Å². The highest BCUT2D eigenvalue weighted by Gasteiger charge is 2.31. The minimum absolute atomic E-state index is 0.104. The molecule has 0 N–H and O–H groups in total. The Morgan fingerprint density at radius 2 is 2.04 bits per heavy atom. The van der Waals surface area contributed by atoms with Crippen LogP contribution in [-0.2, 0) is 13.2 Å². The molecule has 0 spiro atoms. The lowest BCUT2D eigenvalue weighted by molar-refractivity contribution is -0.137. The van der Waals surface area contributed by atoms with E-state index in [4.69, 9.17) is 4.74 Å². The largest absolute Gasteiger partial charge is 0.457 e. The molecule has 0 fully saturated rings. The first kappa shape index (κ1) is 16.9. The molecule has 0 unspecified atom stereocenters. The minimum Gasteiger partial charge on any atom is -0.457 e. The number of pyridine rings is 1.